The molecule has 5 nitrogen and oxygen atoms in total. The molecule has 32 heavy (non-hydrogen) atoms. The number of carbonyl (C=O) groups is 1. The lowest BCUT2D eigenvalue weighted by Gasteiger charge is -2.37. The number of carbonyl (C=O) groups excluding carboxylic acids is 1. The van der Waals surface area contributed by atoms with Gasteiger partial charge < -0.3 is 18.9 Å². The molecule has 1 saturated carbocycles. The molecule has 0 spiro atoms. The highest BCUT2D eigenvalue weighted by atomic mass is 19.3. The van der Waals surface area contributed by atoms with Crippen molar-refractivity contribution in [2.24, 2.45) is 17.8 Å². The van der Waals surface area contributed by atoms with Crippen LogP contribution in [0.5, 0.6) is 11.5 Å². The van der Waals surface area contributed by atoms with Crippen LogP contribution >= 0.6 is 0 Å². The number of halogens is 4. The first kappa shape index (κ1) is 24.5. The quantitative estimate of drug-likeness (QED) is 0.218. The molecule has 0 bridgehead atoms. The monoisotopic (exact) mass is 460 g/mol. The highest BCUT2D eigenvalue weighted by Crippen LogP contribution is 2.37. The molecule has 0 amide bonds. The van der Waals surface area contributed by atoms with Gasteiger partial charge in [-0.15, -0.1) is 0 Å². The summed E-state index contributed by atoms with van der Waals surface area (Å²) in [7, 11) is 0. The van der Waals surface area contributed by atoms with E-state index in [1.165, 1.54) is 25.7 Å². The molecule has 1 aliphatic carbocycles. The van der Waals surface area contributed by atoms with E-state index in [1.54, 1.807) is 0 Å². The van der Waals surface area contributed by atoms with Gasteiger partial charge in [0.1, 0.15) is 5.75 Å². The molecule has 0 unspecified atom stereocenters. The van der Waals surface area contributed by atoms with Gasteiger partial charge in [-0.3, -0.25) is 0 Å². The summed E-state index contributed by atoms with van der Waals surface area (Å²) in [5.41, 5.74) is 0. The van der Waals surface area contributed by atoms with E-state index in [1.807, 2.05) is 0 Å². The van der Waals surface area contributed by atoms with Crippen molar-refractivity contribution in [3.8, 4) is 11.5 Å². The Hall–Kier alpha value is -2.13. The standard InChI is InChI=1S/C23H28F4O5/c1-2-3-14-4-6-15(7-5-14)16-12-30-23(31-13-16)22(28)32-17-10-18(24)21(19(25)11-17)29-9-8-20(26)27/h8-11,14-16,20,23H,2-7,12-13H2,1H3/b9-8+. The molecule has 0 aromatic heterocycles. The minimum Gasteiger partial charge on any atom is -0.459 e. The van der Waals surface area contributed by atoms with Crippen LogP contribution in [-0.4, -0.2) is 31.9 Å². The fourth-order valence-corrected chi connectivity index (χ4v) is 4.32. The Morgan fingerprint density at radius 1 is 1.09 bits per heavy atom. The summed E-state index contributed by atoms with van der Waals surface area (Å²) in [5.74, 6) is -3.17. The number of alkyl halides is 2. The maximum atomic E-state index is 14.0. The largest absolute Gasteiger partial charge is 0.459 e. The second-order valence-corrected chi connectivity index (χ2v) is 8.25. The zero-order valence-electron chi connectivity index (χ0n) is 17.9. The van der Waals surface area contributed by atoms with Crippen LogP contribution in [0, 0.1) is 29.4 Å². The second kappa shape index (κ2) is 11.7. The minimum absolute atomic E-state index is 0.203. The number of rotatable bonds is 8. The summed E-state index contributed by atoms with van der Waals surface area (Å²) < 4.78 is 72.7. The summed E-state index contributed by atoms with van der Waals surface area (Å²) in [6, 6.07) is 1.43. The molecule has 0 atom stereocenters. The molecule has 1 aromatic rings. The van der Waals surface area contributed by atoms with Gasteiger partial charge in [-0.25, -0.2) is 22.4 Å². The Balaban J connectivity index is 1.49. The zero-order chi connectivity index (χ0) is 23.1. The van der Waals surface area contributed by atoms with Gasteiger partial charge in [-0.2, -0.15) is 0 Å². The third-order valence-electron chi connectivity index (χ3n) is 5.97. The maximum absolute atomic E-state index is 14.0. The molecule has 3 rings (SSSR count). The first-order chi connectivity index (χ1) is 15.4. The van der Waals surface area contributed by atoms with E-state index in [-0.39, 0.29) is 5.92 Å². The van der Waals surface area contributed by atoms with Crippen LogP contribution in [0.2, 0.25) is 0 Å². The van der Waals surface area contributed by atoms with Crippen molar-refractivity contribution in [2.75, 3.05) is 13.2 Å². The van der Waals surface area contributed by atoms with Crippen molar-refractivity contribution in [2.45, 2.75) is 58.2 Å². The average molecular weight is 460 g/mol. The predicted octanol–water partition coefficient (Wildman–Crippen LogP) is 5.62. The van der Waals surface area contributed by atoms with Gasteiger partial charge in [-0.05, 0) is 24.7 Å². The highest BCUT2D eigenvalue weighted by Gasteiger charge is 2.35. The number of esters is 1. The molecule has 1 aromatic carbocycles. The van der Waals surface area contributed by atoms with Gasteiger partial charge in [0.05, 0.1) is 19.5 Å². The molecule has 0 N–H and O–H groups in total. The summed E-state index contributed by atoms with van der Waals surface area (Å²) in [6.07, 6.45) is 3.82. The van der Waals surface area contributed by atoms with E-state index < -0.39 is 41.8 Å². The number of hydrogen-bond donors (Lipinski definition) is 0. The maximum Gasteiger partial charge on any atom is 0.368 e. The lowest BCUT2D eigenvalue weighted by atomic mass is 9.75. The third-order valence-corrected chi connectivity index (χ3v) is 5.97. The van der Waals surface area contributed by atoms with E-state index in [2.05, 4.69) is 11.7 Å². The Bertz CT molecular complexity index is 762. The molecule has 1 saturated heterocycles. The van der Waals surface area contributed by atoms with Crippen LogP contribution in [0.15, 0.2) is 24.5 Å². The first-order valence-electron chi connectivity index (χ1n) is 10.9. The van der Waals surface area contributed by atoms with Crippen molar-refractivity contribution >= 4 is 5.97 Å². The van der Waals surface area contributed by atoms with Crippen molar-refractivity contribution in [3.63, 3.8) is 0 Å². The molecule has 1 heterocycles. The lowest BCUT2D eigenvalue weighted by Crippen LogP contribution is -2.42. The Morgan fingerprint density at radius 2 is 1.72 bits per heavy atom. The van der Waals surface area contributed by atoms with E-state index in [0.717, 1.165) is 18.8 Å². The molecular formula is C23H28F4O5. The van der Waals surface area contributed by atoms with Crippen LogP contribution in [-0.2, 0) is 14.3 Å². The molecular weight excluding hydrogens is 432 g/mol. The normalized spacial score (nSPS) is 26.4. The van der Waals surface area contributed by atoms with Crippen molar-refractivity contribution < 1.29 is 41.3 Å². The summed E-state index contributed by atoms with van der Waals surface area (Å²) in [4.78, 5) is 12.3. The molecule has 1 aliphatic heterocycles. The van der Waals surface area contributed by atoms with Crippen molar-refractivity contribution in [3.05, 3.63) is 36.1 Å². The Labute approximate surface area is 184 Å². The number of benzene rings is 1. The fourth-order valence-electron chi connectivity index (χ4n) is 4.32. The second-order valence-electron chi connectivity index (χ2n) is 8.25. The smallest absolute Gasteiger partial charge is 0.368 e. The number of allylic oxidation sites excluding steroid dienone is 1. The summed E-state index contributed by atoms with van der Waals surface area (Å²) in [6.45, 7) is 2.91. The van der Waals surface area contributed by atoms with Crippen LogP contribution in [0.3, 0.4) is 0 Å². The van der Waals surface area contributed by atoms with Crippen LogP contribution in [0.25, 0.3) is 0 Å². The van der Waals surface area contributed by atoms with Crippen LogP contribution in [0.1, 0.15) is 45.4 Å². The van der Waals surface area contributed by atoms with Crippen LogP contribution in [0.4, 0.5) is 17.6 Å². The van der Waals surface area contributed by atoms with Crippen molar-refractivity contribution in [1.29, 1.82) is 0 Å². The first-order valence-corrected chi connectivity index (χ1v) is 10.9. The van der Waals surface area contributed by atoms with Gasteiger partial charge >= 0.3 is 5.97 Å². The molecule has 2 aliphatic rings. The lowest BCUT2D eigenvalue weighted by molar-refractivity contribution is -0.220. The van der Waals surface area contributed by atoms with Gasteiger partial charge in [0, 0.05) is 24.1 Å². The van der Waals surface area contributed by atoms with Crippen LogP contribution < -0.4 is 9.47 Å². The SMILES string of the molecule is CCCC1CCC(C2COC(C(=O)Oc3cc(F)c(O/C=C/C(F)F)c(F)c3)OC2)CC1. The predicted molar refractivity (Wildman–Crippen MR) is 107 cm³/mol. The zero-order valence-corrected chi connectivity index (χ0v) is 17.9. The van der Waals surface area contributed by atoms with E-state index in [0.29, 0.717) is 43.6 Å². The molecule has 178 valence electrons. The van der Waals surface area contributed by atoms with E-state index in [9.17, 15) is 22.4 Å². The van der Waals surface area contributed by atoms with E-state index >= 15 is 0 Å². The molecule has 2 fully saturated rings. The Morgan fingerprint density at radius 3 is 2.28 bits per heavy atom. The summed E-state index contributed by atoms with van der Waals surface area (Å²) >= 11 is 0. The number of ether oxygens (including phenoxy) is 4. The van der Waals surface area contributed by atoms with Crippen molar-refractivity contribution in [1.82, 2.24) is 0 Å². The van der Waals surface area contributed by atoms with Gasteiger partial charge in [0.2, 0.25) is 0 Å². The fraction of sp³-hybridized carbons (Fsp3) is 0.609. The molecule has 9 heteroatoms. The number of hydrogen-bond acceptors (Lipinski definition) is 5. The minimum atomic E-state index is -2.83. The average Bonchev–Trinajstić information content (AvgIpc) is 2.76. The van der Waals surface area contributed by atoms with Gasteiger partial charge in [0.25, 0.3) is 12.7 Å². The van der Waals surface area contributed by atoms with Gasteiger partial charge in [0.15, 0.2) is 17.4 Å². The third kappa shape index (κ3) is 6.68. The topological polar surface area (TPSA) is 54.0 Å². The Kier molecular flexibility index (Phi) is 8.92. The van der Waals surface area contributed by atoms with E-state index in [4.69, 9.17) is 14.2 Å². The highest BCUT2D eigenvalue weighted by molar-refractivity contribution is 5.76. The summed E-state index contributed by atoms with van der Waals surface area (Å²) in [5, 5.41) is 0. The van der Waals surface area contributed by atoms with Gasteiger partial charge in [-0.1, -0.05) is 32.6 Å². The molecule has 0 radical (unpaired) electrons.